The maximum Gasteiger partial charge on any atom is 0.374 e. The van der Waals surface area contributed by atoms with Crippen LogP contribution >= 0.6 is 0 Å². The smallest absolute Gasteiger partial charge is 0.374 e. The van der Waals surface area contributed by atoms with Gasteiger partial charge in [-0.3, -0.25) is 9.88 Å². The van der Waals surface area contributed by atoms with E-state index >= 15 is 0 Å². The van der Waals surface area contributed by atoms with E-state index in [2.05, 4.69) is 23.7 Å². The summed E-state index contributed by atoms with van der Waals surface area (Å²) in [6, 6.07) is 8.10. The Kier molecular flexibility index (Phi) is 5.33. The van der Waals surface area contributed by atoms with Crippen LogP contribution in [0.25, 0.3) is 0 Å². The summed E-state index contributed by atoms with van der Waals surface area (Å²) in [6.45, 7) is 7.44. The Bertz CT molecular complexity index is 620. The van der Waals surface area contributed by atoms with E-state index in [-0.39, 0.29) is 5.76 Å². The van der Waals surface area contributed by atoms with E-state index in [1.54, 1.807) is 6.20 Å². The van der Waals surface area contributed by atoms with Gasteiger partial charge in [-0.05, 0) is 39.0 Å². The highest BCUT2D eigenvalue weighted by Crippen LogP contribution is 2.19. The van der Waals surface area contributed by atoms with Crippen LogP contribution in [0.4, 0.5) is 0 Å². The molecule has 0 amide bonds. The van der Waals surface area contributed by atoms with Crippen LogP contribution in [0, 0.1) is 6.92 Å². The van der Waals surface area contributed by atoms with E-state index in [4.69, 9.17) is 9.15 Å². The first-order chi connectivity index (χ1) is 10.5. The Balaban J connectivity index is 2.13. The molecular weight excluding hydrogens is 280 g/mol. The van der Waals surface area contributed by atoms with Gasteiger partial charge in [0.05, 0.1) is 19.3 Å². The van der Waals surface area contributed by atoms with Crippen molar-refractivity contribution in [1.82, 2.24) is 9.88 Å². The van der Waals surface area contributed by atoms with Gasteiger partial charge < -0.3 is 9.15 Å². The van der Waals surface area contributed by atoms with Crippen molar-refractivity contribution in [1.29, 1.82) is 0 Å². The molecule has 5 nitrogen and oxygen atoms in total. The zero-order chi connectivity index (χ0) is 16.1. The third-order valence-electron chi connectivity index (χ3n) is 3.52. The number of ether oxygens (including phenoxy) is 1. The molecule has 0 spiro atoms. The minimum Gasteiger partial charge on any atom is -0.463 e. The third-order valence-corrected chi connectivity index (χ3v) is 3.52. The molecule has 0 saturated carbocycles. The minimum atomic E-state index is -0.440. The lowest BCUT2D eigenvalue weighted by molar-refractivity contribution is 0.0559. The molecule has 0 atom stereocenters. The van der Waals surface area contributed by atoms with E-state index in [9.17, 15) is 4.79 Å². The topological polar surface area (TPSA) is 55.6 Å². The van der Waals surface area contributed by atoms with Crippen molar-refractivity contribution in [3.63, 3.8) is 0 Å². The number of pyridine rings is 1. The molecule has 0 fully saturated rings. The number of nitrogens with zero attached hydrogens (tertiary/aromatic N) is 2. The number of aryl methyl sites for hydroxylation is 1. The molecule has 0 aliphatic carbocycles. The van der Waals surface area contributed by atoms with Crippen molar-refractivity contribution in [2.75, 3.05) is 7.11 Å². The van der Waals surface area contributed by atoms with Crippen LogP contribution in [-0.2, 0) is 17.8 Å². The van der Waals surface area contributed by atoms with Gasteiger partial charge in [-0.2, -0.15) is 0 Å². The fourth-order valence-corrected chi connectivity index (χ4v) is 2.24. The molecule has 118 valence electrons. The Morgan fingerprint density at radius 1 is 1.36 bits per heavy atom. The van der Waals surface area contributed by atoms with E-state index in [1.807, 2.05) is 31.2 Å². The van der Waals surface area contributed by atoms with Crippen LogP contribution in [0.2, 0.25) is 0 Å². The summed E-state index contributed by atoms with van der Waals surface area (Å²) in [4.78, 5) is 18.2. The number of carbonyl (C=O) groups is 1. The molecule has 2 heterocycles. The maximum atomic E-state index is 11.6. The van der Waals surface area contributed by atoms with Gasteiger partial charge in [0.25, 0.3) is 0 Å². The van der Waals surface area contributed by atoms with E-state index in [0.717, 1.165) is 23.6 Å². The number of furan rings is 1. The number of esters is 1. The Hall–Kier alpha value is -2.14. The first kappa shape index (κ1) is 16.2. The molecule has 2 aromatic rings. The van der Waals surface area contributed by atoms with Gasteiger partial charge in [-0.1, -0.05) is 6.07 Å². The molecule has 0 radical (unpaired) electrons. The minimum absolute atomic E-state index is 0.277. The van der Waals surface area contributed by atoms with E-state index in [0.29, 0.717) is 12.6 Å². The number of aromatic nitrogens is 1. The molecule has 0 unspecified atom stereocenters. The van der Waals surface area contributed by atoms with Crippen LogP contribution in [-0.4, -0.2) is 29.0 Å². The molecule has 0 aliphatic heterocycles. The molecule has 0 aromatic carbocycles. The predicted octanol–water partition coefficient (Wildman–Crippen LogP) is 3.18. The number of methoxy groups -OCH3 is 1. The van der Waals surface area contributed by atoms with Gasteiger partial charge in [-0.15, -0.1) is 0 Å². The van der Waals surface area contributed by atoms with Gasteiger partial charge in [0, 0.05) is 24.3 Å². The van der Waals surface area contributed by atoms with Gasteiger partial charge in [-0.25, -0.2) is 4.79 Å². The van der Waals surface area contributed by atoms with Crippen LogP contribution in [0.1, 0.15) is 41.4 Å². The summed E-state index contributed by atoms with van der Waals surface area (Å²) >= 11 is 0. The zero-order valence-corrected chi connectivity index (χ0v) is 13.5. The van der Waals surface area contributed by atoms with Gasteiger partial charge in [0.1, 0.15) is 5.76 Å². The second-order valence-corrected chi connectivity index (χ2v) is 5.54. The van der Waals surface area contributed by atoms with Crippen molar-refractivity contribution < 1.29 is 13.9 Å². The second-order valence-electron chi connectivity index (χ2n) is 5.54. The van der Waals surface area contributed by atoms with E-state index in [1.165, 1.54) is 7.11 Å². The summed E-state index contributed by atoms with van der Waals surface area (Å²) in [5, 5.41) is 0. The summed E-state index contributed by atoms with van der Waals surface area (Å²) in [5.74, 6) is 0.589. The van der Waals surface area contributed by atoms with Crippen LogP contribution in [0.5, 0.6) is 0 Å². The molecule has 2 aromatic heterocycles. The molecule has 22 heavy (non-hydrogen) atoms. The lowest BCUT2D eigenvalue weighted by Crippen LogP contribution is -2.30. The number of rotatable bonds is 6. The highest BCUT2D eigenvalue weighted by atomic mass is 16.5. The zero-order valence-electron chi connectivity index (χ0n) is 13.5. The monoisotopic (exact) mass is 302 g/mol. The Labute approximate surface area is 130 Å². The summed E-state index contributed by atoms with van der Waals surface area (Å²) in [6.07, 6.45) is 1.79. The first-order valence-corrected chi connectivity index (χ1v) is 7.33. The number of hydrogen-bond acceptors (Lipinski definition) is 5. The molecule has 0 saturated heterocycles. The Morgan fingerprint density at radius 2 is 2.14 bits per heavy atom. The highest BCUT2D eigenvalue weighted by molar-refractivity contribution is 5.87. The SMILES string of the molecule is COC(=O)c1oc(CN(Cc2ccccn2)C(C)C)cc1C. The highest BCUT2D eigenvalue weighted by Gasteiger charge is 2.19. The fourth-order valence-electron chi connectivity index (χ4n) is 2.24. The van der Waals surface area contributed by atoms with Crippen molar-refractivity contribution >= 4 is 5.97 Å². The fraction of sp³-hybridized carbons (Fsp3) is 0.412. The Morgan fingerprint density at radius 3 is 2.73 bits per heavy atom. The summed E-state index contributed by atoms with van der Waals surface area (Å²) < 4.78 is 10.4. The number of carbonyl (C=O) groups excluding carboxylic acids is 1. The van der Waals surface area contributed by atoms with Crippen molar-refractivity contribution in [2.24, 2.45) is 0 Å². The van der Waals surface area contributed by atoms with Crippen LogP contribution in [0.3, 0.4) is 0 Å². The van der Waals surface area contributed by atoms with Crippen molar-refractivity contribution in [2.45, 2.75) is 39.9 Å². The quantitative estimate of drug-likeness (QED) is 0.767. The molecule has 5 heteroatoms. The average Bonchev–Trinajstić information content (AvgIpc) is 2.87. The predicted molar refractivity (Wildman–Crippen MR) is 83.4 cm³/mol. The summed E-state index contributed by atoms with van der Waals surface area (Å²) in [5.41, 5.74) is 1.80. The van der Waals surface area contributed by atoms with Crippen molar-refractivity contribution in [3.05, 3.63) is 53.2 Å². The van der Waals surface area contributed by atoms with Crippen LogP contribution in [0.15, 0.2) is 34.9 Å². The first-order valence-electron chi connectivity index (χ1n) is 7.33. The summed E-state index contributed by atoms with van der Waals surface area (Å²) in [7, 11) is 1.35. The van der Waals surface area contributed by atoms with Crippen LogP contribution < -0.4 is 0 Å². The molecule has 2 rings (SSSR count). The maximum absolute atomic E-state index is 11.6. The van der Waals surface area contributed by atoms with Gasteiger partial charge in [0.15, 0.2) is 0 Å². The lowest BCUT2D eigenvalue weighted by atomic mass is 10.2. The largest absolute Gasteiger partial charge is 0.463 e. The third kappa shape index (κ3) is 3.95. The van der Waals surface area contributed by atoms with E-state index < -0.39 is 5.97 Å². The molecular formula is C17H22N2O3. The molecule has 0 bridgehead atoms. The standard InChI is InChI=1S/C17H22N2O3/c1-12(2)19(10-14-7-5-6-8-18-14)11-15-9-13(3)16(22-15)17(20)21-4/h5-9,12H,10-11H2,1-4H3. The molecule has 0 aliphatic rings. The van der Waals surface area contributed by atoms with Gasteiger partial charge >= 0.3 is 5.97 Å². The lowest BCUT2D eigenvalue weighted by Gasteiger charge is -2.25. The second kappa shape index (κ2) is 7.22. The molecule has 0 N–H and O–H groups in total. The average molecular weight is 302 g/mol. The normalized spacial score (nSPS) is 11.2. The van der Waals surface area contributed by atoms with Crippen molar-refractivity contribution in [3.8, 4) is 0 Å². The number of hydrogen-bond donors (Lipinski definition) is 0. The van der Waals surface area contributed by atoms with Gasteiger partial charge in [0.2, 0.25) is 5.76 Å².